The van der Waals surface area contributed by atoms with Gasteiger partial charge in [0.25, 0.3) is 0 Å². The first kappa shape index (κ1) is 8.76. The summed E-state index contributed by atoms with van der Waals surface area (Å²) in [6, 6.07) is -0.670. The van der Waals surface area contributed by atoms with E-state index in [2.05, 4.69) is 0 Å². The molecule has 0 bridgehead atoms. The van der Waals surface area contributed by atoms with Crippen LogP contribution in [0, 0.1) is 11.5 Å². The summed E-state index contributed by atoms with van der Waals surface area (Å²) in [6.45, 7) is 2.42. The Hall–Kier alpha value is -1.24. The maximum absolute atomic E-state index is 10.4. The molecule has 0 aromatic heterocycles. The summed E-state index contributed by atoms with van der Waals surface area (Å²) < 4.78 is 0. The first-order valence-electron chi connectivity index (χ1n) is 3.19. The summed E-state index contributed by atoms with van der Waals surface area (Å²) in [5.74, 6) is 0. The molecule has 0 heterocycles. The topological polar surface area (TPSA) is 70.1 Å². The average Bonchev–Trinajstić information content (AvgIpc) is 1.89. The van der Waals surface area contributed by atoms with Gasteiger partial charge in [-0.3, -0.25) is 0 Å². The largest absolute Gasteiger partial charge is 0.351 e. The second-order valence-corrected chi connectivity index (χ2v) is 1.94. The molecule has 0 rings (SSSR count). The molecule has 4 nitrogen and oxygen atoms in total. The monoisotopic (exact) mass is 141 g/mol. The van der Waals surface area contributed by atoms with Gasteiger partial charge in [-0.05, 0) is 6.42 Å². The number of hydrogen-bond donors (Lipinski definition) is 1. The Morgan fingerprint density at radius 3 is 2.70 bits per heavy atom. The van der Waals surface area contributed by atoms with Crippen molar-refractivity contribution in [3.8, 4) is 6.19 Å². The highest BCUT2D eigenvalue weighted by Crippen LogP contribution is 1.91. The molecule has 0 saturated heterocycles. The number of hydrogen-bond acceptors (Lipinski definition) is 2. The lowest BCUT2D eigenvalue weighted by Gasteiger charge is -2.07. The molecule has 0 aromatic rings. The third-order valence-electron chi connectivity index (χ3n) is 1.12. The molecule has 10 heavy (non-hydrogen) atoms. The molecular formula is C6H11N3O. The quantitative estimate of drug-likeness (QED) is 0.463. The Kier molecular flexibility index (Phi) is 4.05. The van der Waals surface area contributed by atoms with E-state index in [0.29, 0.717) is 6.54 Å². The van der Waals surface area contributed by atoms with Gasteiger partial charge in [0, 0.05) is 6.54 Å². The van der Waals surface area contributed by atoms with Crippen LogP contribution in [0.2, 0.25) is 0 Å². The molecule has 0 fully saturated rings. The smallest absolute Gasteiger partial charge is 0.327 e. The van der Waals surface area contributed by atoms with E-state index >= 15 is 0 Å². The van der Waals surface area contributed by atoms with Crippen molar-refractivity contribution in [2.45, 2.75) is 19.8 Å². The van der Waals surface area contributed by atoms with E-state index in [-0.39, 0.29) is 0 Å². The van der Waals surface area contributed by atoms with Crippen LogP contribution in [0.15, 0.2) is 0 Å². The third-order valence-corrected chi connectivity index (χ3v) is 1.12. The predicted octanol–water partition coefficient (Wildman–Crippen LogP) is 0.648. The number of nitriles is 1. The minimum atomic E-state index is -0.670. The van der Waals surface area contributed by atoms with Gasteiger partial charge in [0.1, 0.15) is 0 Å². The zero-order valence-corrected chi connectivity index (χ0v) is 6.00. The van der Waals surface area contributed by atoms with Gasteiger partial charge in [0.2, 0.25) is 0 Å². The fourth-order valence-electron chi connectivity index (χ4n) is 0.526. The van der Waals surface area contributed by atoms with Crippen LogP contribution in [-0.2, 0) is 0 Å². The fourth-order valence-corrected chi connectivity index (χ4v) is 0.526. The van der Waals surface area contributed by atoms with Gasteiger partial charge in [0.05, 0.1) is 0 Å². The number of amides is 2. The number of urea groups is 1. The predicted molar refractivity (Wildman–Crippen MR) is 36.8 cm³/mol. The molecule has 0 aromatic carbocycles. The minimum absolute atomic E-state index is 0.433. The number of carbonyl (C=O) groups is 1. The van der Waals surface area contributed by atoms with Crippen LogP contribution in [0.4, 0.5) is 4.79 Å². The molecule has 0 unspecified atom stereocenters. The number of nitrogens with zero attached hydrogens (tertiary/aromatic N) is 2. The van der Waals surface area contributed by atoms with Gasteiger partial charge in [-0.25, -0.2) is 9.69 Å². The van der Waals surface area contributed by atoms with Crippen LogP contribution in [0.5, 0.6) is 0 Å². The highest BCUT2D eigenvalue weighted by atomic mass is 16.2. The van der Waals surface area contributed by atoms with E-state index in [0.717, 1.165) is 17.7 Å². The van der Waals surface area contributed by atoms with Gasteiger partial charge in [-0.2, -0.15) is 5.26 Å². The van der Waals surface area contributed by atoms with Crippen molar-refractivity contribution in [3.63, 3.8) is 0 Å². The SMILES string of the molecule is CCCCN(C#N)C(N)=O. The highest BCUT2D eigenvalue weighted by molar-refractivity contribution is 5.73. The van der Waals surface area contributed by atoms with Crippen molar-refractivity contribution in [3.05, 3.63) is 0 Å². The molecule has 2 N–H and O–H groups in total. The lowest BCUT2D eigenvalue weighted by atomic mass is 10.3. The van der Waals surface area contributed by atoms with Crippen molar-refractivity contribution in [2.75, 3.05) is 6.54 Å². The summed E-state index contributed by atoms with van der Waals surface area (Å²) in [5, 5.41) is 8.30. The molecular weight excluding hydrogens is 130 g/mol. The molecule has 0 saturated carbocycles. The first-order chi connectivity index (χ1) is 4.72. The molecule has 0 radical (unpaired) electrons. The maximum atomic E-state index is 10.4. The normalized spacial score (nSPS) is 8.40. The molecule has 0 aliphatic carbocycles. The van der Waals surface area contributed by atoms with Crippen LogP contribution in [0.3, 0.4) is 0 Å². The van der Waals surface area contributed by atoms with Crippen LogP contribution in [0.1, 0.15) is 19.8 Å². The second kappa shape index (κ2) is 4.62. The minimum Gasteiger partial charge on any atom is -0.351 e. The molecule has 56 valence electrons. The molecule has 0 atom stereocenters. The van der Waals surface area contributed by atoms with E-state index < -0.39 is 6.03 Å². The van der Waals surface area contributed by atoms with Gasteiger partial charge in [-0.15, -0.1) is 0 Å². The van der Waals surface area contributed by atoms with Crippen molar-refractivity contribution >= 4 is 6.03 Å². The molecule has 0 aliphatic rings. The van der Waals surface area contributed by atoms with Crippen LogP contribution < -0.4 is 5.73 Å². The van der Waals surface area contributed by atoms with E-state index in [1.54, 1.807) is 6.19 Å². The van der Waals surface area contributed by atoms with E-state index in [1.807, 2.05) is 6.92 Å². The Balaban J connectivity index is 3.64. The van der Waals surface area contributed by atoms with Gasteiger partial charge >= 0.3 is 6.03 Å². The third kappa shape index (κ3) is 2.92. The lowest BCUT2D eigenvalue weighted by molar-refractivity contribution is 0.226. The maximum Gasteiger partial charge on any atom is 0.327 e. The van der Waals surface area contributed by atoms with E-state index in [4.69, 9.17) is 11.0 Å². The van der Waals surface area contributed by atoms with Crippen molar-refractivity contribution in [1.29, 1.82) is 5.26 Å². The fraction of sp³-hybridized carbons (Fsp3) is 0.667. The highest BCUT2D eigenvalue weighted by Gasteiger charge is 2.05. The zero-order valence-electron chi connectivity index (χ0n) is 6.00. The Morgan fingerprint density at radius 2 is 2.40 bits per heavy atom. The molecule has 0 aliphatic heterocycles. The summed E-state index contributed by atoms with van der Waals surface area (Å²) in [5.41, 5.74) is 4.85. The number of unbranched alkanes of at least 4 members (excludes halogenated alkanes) is 1. The van der Waals surface area contributed by atoms with Crippen molar-refractivity contribution in [1.82, 2.24) is 4.90 Å². The summed E-state index contributed by atoms with van der Waals surface area (Å²) in [7, 11) is 0. The molecule has 0 spiro atoms. The first-order valence-corrected chi connectivity index (χ1v) is 3.19. The van der Waals surface area contributed by atoms with Crippen LogP contribution in [0.25, 0.3) is 0 Å². The van der Waals surface area contributed by atoms with Crippen molar-refractivity contribution < 1.29 is 4.79 Å². The average molecular weight is 141 g/mol. The summed E-state index contributed by atoms with van der Waals surface area (Å²) in [6.07, 6.45) is 3.46. The second-order valence-electron chi connectivity index (χ2n) is 1.94. The molecule has 4 heteroatoms. The standard InChI is InChI=1S/C6H11N3O/c1-2-3-4-9(5-7)6(8)10/h2-4H2,1H3,(H2,8,10). The summed E-state index contributed by atoms with van der Waals surface area (Å²) in [4.78, 5) is 11.3. The van der Waals surface area contributed by atoms with Crippen LogP contribution in [-0.4, -0.2) is 17.5 Å². The van der Waals surface area contributed by atoms with E-state index in [1.165, 1.54) is 0 Å². The number of rotatable bonds is 3. The van der Waals surface area contributed by atoms with Gasteiger partial charge in [0.15, 0.2) is 6.19 Å². The van der Waals surface area contributed by atoms with E-state index in [9.17, 15) is 4.79 Å². The zero-order chi connectivity index (χ0) is 7.98. The Bertz CT molecular complexity index is 150. The van der Waals surface area contributed by atoms with Gasteiger partial charge < -0.3 is 5.73 Å². The Labute approximate surface area is 60.2 Å². The summed E-state index contributed by atoms with van der Waals surface area (Å²) >= 11 is 0. The van der Waals surface area contributed by atoms with Crippen molar-refractivity contribution in [2.24, 2.45) is 5.73 Å². The number of nitrogens with two attached hydrogens (primary N) is 1. The van der Waals surface area contributed by atoms with Crippen LogP contribution >= 0.6 is 0 Å². The lowest BCUT2D eigenvalue weighted by Crippen LogP contribution is -2.32. The molecule has 2 amide bonds. The number of carbonyl (C=O) groups excluding carboxylic acids is 1. The number of primary amides is 1. The Morgan fingerprint density at radius 1 is 1.80 bits per heavy atom. The van der Waals surface area contributed by atoms with Gasteiger partial charge in [-0.1, -0.05) is 13.3 Å².